The quantitative estimate of drug-likeness (QED) is 0.289. The Morgan fingerprint density at radius 2 is 2.00 bits per heavy atom. The van der Waals surface area contributed by atoms with Gasteiger partial charge in [0.1, 0.15) is 0 Å². The van der Waals surface area contributed by atoms with Crippen LogP contribution in [0.25, 0.3) is 0 Å². The first-order valence-corrected chi connectivity index (χ1v) is 8.89. The van der Waals surface area contributed by atoms with Gasteiger partial charge < -0.3 is 4.43 Å². The highest BCUT2D eigenvalue weighted by Crippen LogP contribution is 2.37. The molecule has 0 fully saturated rings. The van der Waals surface area contributed by atoms with E-state index in [0.717, 1.165) is 19.3 Å². The van der Waals surface area contributed by atoms with E-state index in [2.05, 4.69) is 46.4 Å². The van der Waals surface area contributed by atoms with Crippen molar-refractivity contribution in [2.24, 2.45) is 0 Å². The summed E-state index contributed by atoms with van der Waals surface area (Å²) in [5.74, 6) is 2.66. The third-order valence-electron chi connectivity index (χ3n) is 3.32. The van der Waals surface area contributed by atoms with Gasteiger partial charge in [-0.2, -0.15) is 0 Å². The van der Waals surface area contributed by atoms with Gasteiger partial charge in [-0.15, -0.1) is 18.9 Å². The van der Waals surface area contributed by atoms with E-state index in [1.54, 1.807) is 0 Å². The van der Waals surface area contributed by atoms with Crippen molar-refractivity contribution in [3.05, 3.63) is 12.7 Å². The summed E-state index contributed by atoms with van der Waals surface area (Å²) in [4.78, 5) is 0. The second-order valence-corrected chi connectivity index (χ2v) is 10.5. The molecule has 1 atom stereocenters. The summed E-state index contributed by atoms with van der Waals surface area (Å²) < 4.78 is 6.25. The van der Waals surface area contributed by atoms with E-state index in [-0.39, 0.29) is 11.1 Å². The molecule has 0 aliphatic heterocycles. The van der Waals surface area contributed by atoms with Crippen LogP contribution in [-0.2, 0) is 4.43 Å². The van der Waals surface area contributed by atoms with Gasteiger partial charge >= 0.3 is 0 Å². The van der Waals surface area contributed by atoms with E-state index in [1.807, 2.05) is 6.08 Å². The number of terminal acetylenes is 1. The Hall–Kier alpha value is -0.523. The highest BCUT2D eigenvalue weighted by atomic mass is 28.4. The lowest BCUT2D eigenvalue weighted by atomic mass is 10.1. The number of unbranched alkanes of at least 4 members (excludes halogenated alkanes) is 1. The molecule has 0 N–H and O–H groups in total. The Balaban J connectivity index is 4.32. The van der Waals surface area contributed by atoms with Crippen molar-refractivity contribution in [2.45, 2.75) is 64.3 Å². The zero-order valence-electron chi connectivity index (χ0n) is 11.5. The summed E-state index contributed by atoms with van der Waals surface area (Å²) in [6.45, 7) is 15.1. The predicted molar refractivity (Wildman–Crippen MR) is 75.0 cm³/mol. The maximum Gasteiger partial charge on any atom is 0.192 e. The molecule has 0 aromatic heterocycles. The van der Waals surface area contributed by atoms with Crippen LogP contribution < -0.4 is 0 Å². The zero-order valence-corrected chi connectivity index (χ0v) is 12.5. The smallest absolute Gasteiger partial charge is 0.192 e. The van der Waals surface area contributed by atoms with Crippen LogP contribution in [-0.4, -0.2) is 14.4 Å². The summed E-state index contributed by atoms with van der Waals surface area (Å²) in [5.41, 5.74) is 0. The molecular formula is C14H26OSi. The maximum absolute atomic E-state index is 6.25. The molecule has 0 saturated heterocycles. The largest absolute Gasteiger partial charge is 0.411 e. The first kappa shape index (κ1) is 15.5. The molecule has 0 rings (SSSR count). The lowest BCUT2D eigenvalue weighted by molar-refractivity contribution is 0.213. The SMILES string of the molecule is C#CCCCC(C=C)O[Si](C)(C)C(C)(C)C. The number of hydrogen-bond donors (Lipinski definition) is 0. The van der Waals surface area contributed by atoms with Crippen molar-refractivity contribution in [3.8, 4) is 12.3 Å². The maximum atomic E-state index is 6.25. The van der Waals surface area contributed by atoms with Crippen LogP contribution >= 0.6 is 0 Å². The van der Waals surface area contributed by atoms with Crippen molar-refractivity contribution < 1.29 is 4.43 Å². The topological polar surface area (TPSA) is 9.23 Å². The van der Waals surface area contributed by atoms with E-state index < -0.39 is 8.32 Å². The molecule has 0 saturated carbocycles. The Bertz CT molecular complexity index is 255. The van der Waals surface area contributed by atoms with Crippen molar-refractivity contribution in [3.63, 3.8) is 0 Å². The fourth-order valence-electron chi connectivity index (χ4n) is 1.19. The van der Waals surface area contributed by atoms with Crippen molar-refractivity contribution >= 4 is 8.32 Å². The average molecular weight is 238 g/mol. The van der Waals surface area contributed by atoms with Gasteiger partial charge in [0.05, 0.1) is 6.10 Å². The normalized spacial score (nSPS) is 14.2. The van der Waals surface area contributed by atoms with E-state index in [4.69, 9.17) is 10.8 Å². The molecule has 0 aromatic rings. The molecule has 0 heterocycles. The number of hydrogen-bond acceptors (Lipinski definition) is 1. The molecule has 2 heteroatoms. The molecule has 1 nitrogen and oxygen atoms in total. The highest BCUT2D eigenvalue weighted by molar-refractivity contribution is 6.74. The highest BCUT2D eigenvalue weighted by Gasteiger charge is 2.38. The summed E-state index contributed by atoms with van der Waals surface area (Å²) >= 11 is 0. The van der Waals surface area contributed by atoms with Crippen LogP contribution in [0, 0.1) is 12.3 Å². The first-order valence-electron chi connectivity index (χ1n) is 5.98. The molecule has 1 unspecified atom stereocenters. The molecule has 0 bridgehead atoms. The van der Waals surface area contributed by atoms with Crippen LogP contribution in [0.4, 0.5) is 0 Å². The van der Waals surface area contributed by atoms with Gasteiger partial charge in [-0.3, -0.25) is 0 Å². The second kappa shape index (κ2) is 6.27. The van der Waals surface area contributed by atoms with Gasteiger partial charge in [-0.1, -0.05) is 26.8 Å². The molecule has 0 aromatic carbocycles. The predicted octanol–water partition coefficient (Wildman–Crippen LogP) is 4.37. The third kappa shape index (κ3) is 5.00. The fourth-order valence-corrected chi connectivity index (χ4v) is 2.51. The van der Waals surface area contributed by atoms with Gasteiger partial charge in [0.15, 0.2) is 8.32 Å². The van der Waals surface area contributed by atoms with Crippen LogP contribution in [0.3, 0.4) is 0 Å². The molecule has 92 valence electrons. The van der Waals surface area contributed by atoms with Crippen molar-refractivity contribution in [1.29, 1.82) is 0 Å². The molecule has 16 heavy (non-hydrogen) atoms. The minimum atomic E-state index is -1.67. The Labute approximate surface area is 102 Å². The van der Waals surface area contributed by atoms with Crippen LogP contribution in [0.1, 0.15) is 40.0 Å². The second-order valence-electron chi connectivity index (χ2n) is 5.75. The summed E-state index contributed by atoms with van der Waals surface area (Å²) in [6.07, 6.45) is 10.1. The van der Waals surface area contributed by atoms with Gasteiger partial charge in [-0.25, -0.2) is 0 Å². The van der Waals surface area contributed by atoms with E-state index in [9.17, 15) is 0 Å². The lowest BCUT2D eigenvalue weighted by Crippen LogP contribution is -2.43. The minimum Gasteiger partial charge on any atom is -0.411 e. The average Bonchev–Trinajstić information content (AvgIpc) is 2.14. The van der Waals surface area contributed by atoms with Crippen LogP contribution in [0.5, 0.6) is 0 Å². The molecular weight excluding hydrogens is 212 g/mol. The molecule has 0 aliphatic carbocycles. The van der Waals surface area contributed by atoms with Crippen molar-refractivity contribution in [1.82, 2.24) is 0 Å². The molecule has 0 radical (unpaired) electrons. The molecule has 0 spiro atoms. The fraction of sp³-hybridized carbons (Fsp3) is 0.714. The standard InChI is InChI=1S/C14H26OSi/c1-8-10-11-12-13(9-2)15-16(6,7)14(3,4)5/h1,9,13H,2,10-12H2,3-7H3. The third-order valence-corrected chi connectivity index (χ3v) is 7.83. The Morgan fingerprint density at radius 1 is 1.44 bits per heavy atom. The minimum absolute atomic E-state index is 0.161. The van der Waals surface area contributed by atoms with E-state index in [0.29, 0.717) is 0 Å². The Kier molecular flexibility index (Phi) is 6.07. The van der Waals surface area contributed by atoms with Crippen LogP contribution in [0.2, 0.25) is 18.1 Å². The van der Waals surface area contributed by atoms with Gasteiger partial charge in [-0.05, 0) is 31.0 Å². The van der Waals surface area contributed by atoms with Gasteiger partial charge in [0.2, 0.25) is 0 Å². The van der Waals surface area contributed by atoms with Gasteiger partial charge in [0, 0.05) is 6.42 Å². The van der Waals surface area contributed by atoms with Crippen molar-refractivity contribution in [2.75, 3.05) is 0 Å². The molecule has 0 amide bonds. The van der Waals surface area contributed by atoms with Crippen LogP contribution in [0.15, 0.2) is 12.7 Å². The zero-order chi connectivity index (χ0) is 12.8. The summed E-state index contributed by atoms with van der Waals surface area (Å²) in [7, 11) is -1.67. The van der Waals surface area contributed by atoms with Gasteiger partial charge in [0.25, 0.3) is 0 Å². The lowest BCUT2D eigenvalue weighted by Gasteiger charge is -2.38. The number of rotatable bonds is 6. The van der Waals surface area contributed by atoms with E-state index >= 15 is 0 Å². The Morgan fingerprint density at radius 3 is 2.38 bits per heavy atom. The first-order chi connectivity index (χ1) is 7.24. The monoisotopic (exact) mass is 238 g/mol. The molecule has 0 aliphatic rings. The summed E-state index contributed by atoms with van der Waals surface area (Å²) in [5, 5.41) is 0.250. The van der Waals surface area contributed by atoms with E-state index in [1.165, 1.54) is 0 Å². The summed E-state index contributed by atoms with van der Waals surface area (Å²) in [6, 6.07) is 0.